The van der Waals surface area contributed by atoms with Crippen molar-refractivity contribution in [1.82, 2.24) is 0 Å². The summed E-state index contributed by atoms with van der Waals surface area (Å²) >= 11 is 0. The van der Waals surface area contributed by atoms with Crippen LogP contribution < -0.4 is 15.6 Å². The van der Waals surface area contributed by atoms with E-state index in [1.165, 1.54) is 25.3 Å². The van der Waals surface area contributed by atoms with Gasteiger partial charge in [0.25, 0.3) is 0 Å². The molecule has 72 valence electrons. The molecule has 6 heteroatoms. The van der Waals surface area contributed by atoms with Crippen molar-refractivity contribution in [2.75, 3.05) is 12.8 Å². The highest BCUT2D eigenvalue weighted by molar-refractivity contribution is 7.89. The van der Waals surface area contributed by atoms with Crippen LogP contribution in [0.15, 0.2) is 23.1 Å². The quantitative estimate of drug-likeness (QED) is 0.656. The molecule has 1 rings (SSSR count). The lowest BCUT2D eigenvalue weighted by molar-refractivity contribution is 0.403. The molecule has 0 aromatic heterocycles. The number of anilines is 1. The van der Waals surface area contributed by atoms with Gasteiger partial charge < -0.3 is 10.5 Å². The molecule has 0 heterocycles. The fourth-order valence-electron chi connectivity index (χ4n) is 0.916. The van der Waals surface area contributed by atoms with E-state index in [1.807, 2.05) is 0 Å². The van der Waals surface area contributed by atoms with Gasteiger partial charge in [0.15, 0.2) is 0 Å². The van der Waals surface area contributed by atoms with Crippen LogP contribution in [0.1, 0.15) is 0 Å². The van der Waals surface area contributed by atoms with Gasteiger partial charge in [-0.05, 0) is 18.2 Å². The Bertz CT molecular complexity index is 414. The summed E-state index contributed by atoms with van der Waals surface area (Å²) in [6.45, 7) is 0. The standard InChI is InChI=1S/C7H10N2O3S/c1-12-6-3-2-5(8)4-7(6)13(9,10)11/h2-4H,8H2,1H3,(H2,9,10,11). The first kappa shape index (κ1) is 9.82. The number of primary sulfonamides is 1. The molecule has 0 aliphatic rings. The Labute approximate surface area is 76.4 Å². The molecule has 0 fully saturated rings. The maximum Gasteiger partial charge on any atom is 0.241 e. The minimum atomic E-state index is -3.77. The van der Waals surface area contributed by atoms with E-state index in [0.29, 0.717) is 5.69 Å². The third kappa shape index (κ3) is 2.10. The second kappa shape index (κ2) is 3.23. The largest absolute Gasteiger partial charge is 0.495 e. The number of hydrogen-bond donors (Lipinski definition) is 2. The molecule has 1 aromatic carbocycles. The van der Waals surface area contributed by atoms with Gasteiger partial charge in [-0.1, -0.05) is 0 Å². The first-order chi connectivity index (χ1) is 5.95. The summed E-state index contributed by atoms with van der Waals surface area (Å²) in [5.74, 6) is 0.191. The summed E-state index contributed by atoms with van der Waals surface area (Å²) < 4.78 is 26.8. The molecule has 0 amide bonds. The van der Waals surface area contributed by atoms with E-state index in [1.54, 1.807) is 0 Å². The number of benzene rings is 1. The van der Waals surface area contributed by atoms with Crippen molar-refractivity contribution < 1.29 is 13.2 Å². The molecule has 0 aliphatic carbocycles. The molecule has 0 spiro atoms. The molecular formula is C7H10N2O3S. The average molecular weight is 202 g/mol. The van der Waals surface area contributed by atoms with Crippen molar-refractivity contribution >= 4 is 15.7 Å². The van der Waals surface area contributed by atoms with Gasteiger partial charge in [-0.25, -0.2) is 13.6 Å². The van der Waals surface area contributed by atoms with E-state index in [-0.39, 0.29) is 10.6 Å². The van der Waals surface area contributed by atoms with Crippen LogP contribution in [0.3, 0.4) is 0 Å². The summed E-state index contributed by atoms with van der Waals surface area (Å²) in [4.78, 5) is -0.102. The van der Waals surface area contributed by atoms with Crippen molar-refractivity contribution in [3.05, 3.63) is 18.2 Å². The van der Waals surface area contributed by atoms with Crippen LogP contribution in [0.2, 0.25) is 0 Å². The smallest absolute Gasteiger partial charge is 0.241 e. The van der Waals surface area contributed by atoms with Gasteiger partial charge in [0.1, 0.15) is 10.6 Å². The molecule has 0 bridgehead atoms. The fraction of sp³-hybridized carbons (Fsp3) is 0.143. The van der Waals surface area contributed by atoms with Crippen molar-refractivity contribution in [2.24, 2.45) is 5.14 Å². The van der Waals surface area contributed by atoms with Crippen molar-refractivity contribution in [3.63, 3.8) is 0 Å². The summed E-state index contributed by atoms with van der Waals surface area (Å²) in [5.41, 5.74) is 5.73. The van der Waals surface area contributed by atoms with Crippen LogP contribution in [-0.2, 0) is 10.0 Å². The lowest BCUT2D eigenvalue weighted by Gasteiger charge is -2.06. The van der Waals surface area contributed by atoms with Gasteiger partial charge in [-0.3, -0.25) is 0 Å². The number of nitrogens with two attached hydrogens (primary N) is 2. The lowest BCUT2D eigenvalue weighted by Crippen LogP contribution is -2.13. The predicted octanol–water partition coefficient (Wildman–Crippen LogP) is -0.0752. The molecule has 13 heavy (non-hydrogen) atoms. The van der Waals surface area contributed by atoms with Crippen molar-refractivity contribution in [2.45, 2.75) is 4.90 Å². The minimum absolute atomic E-state index is 0.102. The zero-order valence-electron chi connectivity index (χ0n) is 7.02. The average Bonchev–Trinajstić information content (AvgIpc) is 2.03. The number of hydrogen-bond acceptors (Lipinski definition) is 4. The monoisotopic (exact) mass is 202 g/mol. The molecule has 0 radical (unpaired) electrons. The lowest BCUT2D eigenvalue weighted by atomic mass is 10.3. The molecule has 0 unspecified atom stereocenters. The maximum absolute atomic E-state index is 11.0. The molecule has 0 saturated carbocycles. The number of rotatable bonds is 2. The number of ether oxygens (including phenoxy) is 1. The predicted molar refractivity (Wildman–Crippen MR) is 48.8 cm³/mol. The second-order valence-electron chi connectivity index (χ2n) is 2.46. The van der Waals surface area contributed by atoms with E-state index in [9.17, 15) is 8.42 Å². The van der Waals surface area contributed by atoms with E-state index in [4.69, 9.17) is 15.6 Å². The van der Waals surface area contributed by atoms with Gasteiger partial charge in [0.05, 0.1) is 7.11 Å². The molecule has 4 N–H and O–H groups in total. The zero-order valence-corrected chi connectivity index (χ0v) is 7.84. The van der Waals surface area contributed by atoms with Gasteiger partial charge in [0.2, 0.25) is 10.0 Å². The topological polar surface area (TPSA) is 95.4 Å². The fourth-order valence-corrected chi connectivity index (χ4v) is 1.65. The van der Waals surface area contributed by atoms with Crippen LogP contribution in [-0.4, -0.2) is 15.5 Å². The minimum Gasteiger partial charge on any atom is -0.495 e. The Morgan fingerprint density at radius 1 is 1.38 bits per heavy atom. The zero-order chi connectivity index (χ0) is 10.1. The van der Waals surface area contributed by atoms with E-state index in [2.05, 4.69) is 0 Å². The van der Waals surface area contributed by atoms with Gasteiger partial charge >= 0.3 is 0 Å². The van der Waals surface area contributed by atoms with Crippen LogP contribution in [0.25, 0.3) is 0 Å². The Kier molecular flexibility index (Phi) is 2.44. The van der Waals surface area contributed by atoms with Crippen LogP contribution in [0.5, 0.6) is 5.75 Å². The molecular weight excluding hydrogens is 192 g/mol. The van der Waals surface area contributed by atoms with Crippen LogP contribution in [0, 0.1) is 0 Å². The van der Waals surface area contributed by atoms with Gasteiger partial charge in [0, 0.05) is 5.69 Å². The highest BCUT2D eigenvalue weighted by Gasteiger charge is 2.14. The Morgan fingerprint density at radius 3 is 2.46 bits per heavy atom. The Balaban J connectivity index is 3.41. The molecule has 0 aliphatic heterocycles. The first-order valence-electron chi connectivity index (χ1n) is 3.41. The maximum atomic E-state index is 11.0. The molecule has 5 nitrogen and oxygen atoms in total. The van der Waals surface area contributed by atoms with Crippen molar-refractivity contribution in [1.29, 1.82) is 0 Å². The summed E-state index contributed by atoms with van der Waals surface area (Å²) in [5, 5.41) is 4.94. The molecule has 0 atom stereocenters. The summed E-state index contributed by atoms with van der Waals surface area (Å²) in [7, 11) is -2.41. The normalized spacial score (nSPS) is 11.2. The number of nitrogen functional groups attached to an aromatic ring is 1. The van der Waals surface area contributed by atoms with Gasteiger partial charge in [-0.15, -0.1) is 0 Å². The third-order valence-electron chi connectivity index (χ3n) is 1.49. The Hall–Kier alpha value is -1.27. The summed E-state index contributed by atoms with van der Waals surface area (Å²) in [6.07, 6.45) is 0. The third-order valence-corrected chi connectivity index (χ3v) is 2.43. The SMILES string of the molecule is COc1ccc(N)cc1S(N)(=O)=O. The summed E-state index contributed by atoms with van der Waals surface area (Å²) in [6, 6.07) is 4.25. The number of sulfonamides is 1. The van der Waals surface area contributed by atoms with Crippen molar-refractivity contribution in [3.8, 4) is 5.75 Å². The highest BCUT2D eigenvalue weighted by atomic mass is 32.2. The number of methoxy groups -OCH3 is 1. The molecule has 1 aromatic rings. The van der Waals surface area contributed by atoms with E-state index >= 15 is 0 Å². The van der Waals surface area contributed by atoms with Gasteiger partial charge in [-0.2, -0.15) is 0 Å². The highest BCUT2D eigenvalue weighted by Crippen LogP contribution is 2.24. The van der Waals surface area contributed by atoms with Crippen LogP contribution in [0.4, 0.5) is 5.69 Å². The molecule has 0 saturated heterocycles. The van der Waals surface area contributed by atoms with E-state index in [0.717, 1.165) is 0 Å². The second-order valence-corrected chi connectivity index (χ2v) is 3.99. The first-order valence-corrected chi connectivity index (χ1v) is 4.96. The Morgan fingerprint density at radius 2 is 2.00 bits per heavy atom. The van der Waals surface area contributed by atoms with E-state index < -0.39 is 10.0 Å². The van der Waals surface area contributed by atoms with Crippen LogP contribution >= 0.6 is 0 Å².